The smallest absolute Gasteiger partial charge is 0.259 e. The number of rotatable bonds is 0. The molecule has 0 bridgehead atoms. The molecule has 0 amide bonds. The highest BCUT2D eigenvalue weighted by atomic mass is 16.4. The van der Waals surface area contributed by atoms with E-state index in [4.69, 9.17) is 6.58 Å². The van der Waals surface area contributed by atoms with E-state index in [-0.39, 0.29) is 0 Å². The molecular formula is C5H4O. The van der Waals surface area contributed by atoms with Gasteiger partial charge < -0.3 is 0 Å². The van der Waals surface area contributed by atoms with Gasteiger partial charge in [0.15, 0.2) is 5.76 Å². The summed E-state index contributed by atoms with van der Waals surface area (Å²) in [6.45, 7) is 5.11. The Morgan fingerprint density at radius 1 is 1.67 bits per heavy atom. The highest BCUT2D eigenvalue weighted by Crippen LogP contribution is 1.91. The van der Waals surface area contributed by atoms with Crippen LogP contribution < -0.4 is 0 Å². The van der Waals surface area contributed by atoms with Crippen molar-refractivity contribution in [3.63, 3.8) is 0 Å². The van der Waals surface area contributed by atoms with E-state index in [1.165, 1.54) is 6.29 Å². The summed E-state index contributed by atoms with van der Waals surface area (Å²) in [6.07, 6.45) is 4.98. The molecule has 1 heteroatoms. The summed E-state index contributed by atoms with van der Waals surface area (Å²) >= 11 is 0. The predicted molar refractivity (Wildman–Crippen MR) is 23.0 cm³/mol. The summed E-state index contributed by atoms with van der Waals surface area (Å²) in [7, 11) is 0. The van der Waals surface area contributed by atoms with Gasteiger partial charge in [-0.15, -0.1) is 6.08 Å². The minimum atomic E-state index is 0.468. The summed E-state index contributed by atoms with van der Waals surface area (Å²) < 4.78 is 4.61. The summed E-state index contributed by atoms with van der Waals surface area (Å²) in [5.41, 5.74) is 0. The summed E-state index contributed by atoms with van der Waals surface area (Å²) in [6, 6.07) is 0. The molecule has 1 aliphatic heterocycles. The molecule has 0 radical (unpaired) electrons. The zero-order chi connectivity index (χ0) is 4.41. The maximum absolute atomic E-state index is 5.11. The lowest BCUT2D eigenvalue weighted by Gasteiger charge is -1.67. The van der Waals surface area contributed by atoms with Crippen LogP contribution in [0.1, 0.15) is 0 Å². The number of hydrogen-bond donors (Lipinski definition) is 0. The Bertz CT molecular complexity index is 106. The lowest BCUT2D eigenvalue weighted by atomic mass is 10.5. The van der Waals surface area contributed by atoms with Gasteiger partial charge in [0.25, 0.3) is 6.29 Å². The lowest BCUT2D eigenvalue weighted by Crippen LogP contribution is -1.62. The molecule has 0 spiro atoms. The van der Waals surface area contributed by atoms with E-state index in [0.717, 1.165) is 0 Å². The van der Waals surface area contributed by atoms with Crippen LogP contribution in [-0.4, -0.2) is 6.29 Å². The SMILES string of the molecule is [CH-]=C1C=CC=[O+]1. The number of carbonyl (C=O) groups excluding carboxylic acids is 1. The summed E-state index contributed by atoms with van der Waals surface area (Å²) in [4.78, 5) is 0. The average molecular weight is 80.1 g/mol. The van der Waals surface area contributed by atoms with Gasteiger partial charge in [0.2, 0.25) is 0 Å². The van der Waals surface area contributed by atoms with Crippen LogP contribution in [0.5, 0.6) is 0 Å². The first-order valence-electron chi connectivity index (χ1n) is 1.68. The molecule has 0 atom stereocenters. The second-order valence-corrected chi connectivity index (χ2v) is 1.02. The first-order chi connectivity index (χ1) is 2.89. The standard InChI is InChI=1S/C5H4O/c1-5-3-2-4-6-5/h1-4H. The van der Waals surface area contributed by atoms with Gasteiger partial charge in [0.1, 0.15) is 0 Å². The molecular weight excluding hydrogens is 76.1 g/mol. The average Bonchev–Trinajstić information content (AvgIpc) is 1.86. The Hall–Kier alpha value is -0.850. The predicted octanol–water partition coefficient (Wildman–Crippen LogP) is 0.608. The zero-order valence-corrected chi connectivity index (χ0v) is 3.22. The molecule has 0 N–H and O–H groups in total. The summed E-state index contributed by atoms with van der Waals surface area (Å²) in [5, 5.41) is 0. The van der Waals surface area contributed by atoms with Crippen molar-refractivity contribution in [3.8, 4) is 0 Å². The van der Waals surface area contributed by atoms with Crippen molar-refractivity contribution < 1.29 is 4.42 Å². The molecule has 1 heterocycles. The first kappa shape index (κ1) is 3.34. The van der Waals surface area contributed by atoms with Crippen molar-refractivity contribution >= 4 is 6.29 Å². The topological polar surface area (TPSA) is 11.3 Å². The van der Waals surface area contributed by atoms with Crippen LogP contribution in [0.25, 0.3) is 0 Å². The van der Waals surface area contributed by atoms with E-state index in [1.807, 2.05) is 0 Å². The molecule has 0 aromatic rings. The maximum atomic E-state index is 5.11. The van der Waals surface area contributed by atoms with Crippen LogP contribution in [0.4, 0.5) is 0 Å². The van der Waals surface area contributed by atoms with Crippen LogP contribution in [-0.2, 0) is 4.42 Å². The Morgan fingerprint density at radius 2 is 2.50 bits per heavy atom. The minimum Gasteiger partial charge on any atom is -0.259 e. The third-order valence-electron chi connectivity index (χ3n) is 0.543. The van der Waals surface area contributed by atoms with Crippen molar-refractivity contribution in [2.24, 2.45) is 0 Å². The molecule has 0 unspecified atom stereocenters. The highest BCUT2D eigenvalue weighted by Gasteiger charge is 1.88. The largest absolute Gasteiger partial charge is 0.296 e. The Morgan fingerprint density at radius 3 is 2.67 bits per heavy atom. The third kappa shape index (κ3) is 0.385. The molecule has 1 nitrogen and oxygen atoms in total. The van der Waals surface area contributed by atoms with Crippen molar-refractivity contribution in [2.45, 2.75) is 0 Å². The normalized spacial score (nSPS) is 17.0. The van der Waals surface area contributed by atoms with E-state index >= 15 is 0 Å². The van der Waals surface area contributed by atoms with E-state index < -0.39 is 0 Å². The molecule has 0 aromatic heterocycles. The van der Waals surface area contributed by atoms with E-state index in [0.29, 0.717) is 5.76 Å². The van der Waals surface area contributed by atoms with Crippen molar-refractivity contribution in [1.82, 2.24) is 0 Å². The third-order valence-corrected chi connectivity index (χ3v) is 0.543. The molecule has 0 saturated heterocycles. The van der Waals surface area contributed by atoms with Crippen molar-refractivity contribution in [1.29, 1.82) is 0 Å². The fraction of sp³-hybridized carbons (Fsp3) is 0. The summed E-state index contributed by atoms with van der Waals surface area (Å²) in [5.74, 6) is 0.468. The molecule has 1 aliphatic rings. The van der Waals surface area contributed by atoms with E-state index in [9.17, 15) is 0 Å². The van der Waals surface area contributed by atoms with Gasteiger partial charge >= 0.3 is 0 Å². The Balaban J connectivity index is 2.86. The van der Waals surface area contributed by atoms with Gasteiger partial charge in [-0.3, -0.25) is 4.42 Å². The van der Waals surface area contributed by atoms with Gasteiger partial charge in [-0.05, 0) is 6.08 Å². The molecule has 0 fully saturated rings. The van der Waals surface area contributed by atoms with Gasteiger partial charge in [-0.25, -0.2) is 0 Å². The molecule has 0 saturated carbocycles. The lowest BCUT2D eigenvalue weighted by molar-refractivity contribution is -0.380. The molecule has 1 rings (SSSR count). The van der Waals surface area contributed by atoms with Gasteiger partial charge in [0.05, 0.1) is 0 Å². The quantitative estimate of drug-likeness (QED) is 0.229. The maximum Gasteiger partial charge on any atom is 0.296 e. The number of hydrogen-bond acceptors (Lipinski definition) is 0. The first-order valence-corrected chi connectivity index (χ1v) is 1.68. The minimum absolute atomic E-state index is 0.468. The van der Waals surface area contributed by atoms with Gasteiger partial charge in [-0.1, -0.05) is 0 Å². The van der Waals surface area contributed by atoms with Crippen LogP contribution in [0.2, 0.25) is 0 Å². The van der Waals surface area contributed by atoms with Crippen molar-refractivity contribution in [2.75, 3.05) is 0 Å². The van der Waals surface area contributed by atoms with E-state index in [2.05, 4.69) is 4.42 Å². The second kappa shape index (κ2) is 1.09. The highest BCUT2D eigenvalue weighted by molar-refractivity contribution is 5.68. The monoisotopic (exact) mass is 80.0 g/mol. The van der Waals surface area contributed by atoms with Crippen LogP contribution >= 0.6 is 0 Å². The second-order valence-electron chi connectivity index (χ2n) is 1.02. The number of aldehydes is 1. The molecule has 6 heavy (non-hydrogen) atoms. The fourth-order valence-corrected chi connectivity index (χ4v) is 0.291. The zero-order valence-electron chi connectivity index (χ0n) is 3.22. The van der Waals surface area contributed by atoms with Gasteiger partial charge in [-0.2, -0.15) is 6.58 Å². The van der Waals surface area contributed by atoms with Crippen molar-refractivity contribution in [3.05, 3.63) is 24.5 Å². The van der Waals surface area contributed by atoms with Crippen LogP contribution in [0.15, 0.2) is 17.9 Å². The Kier molecular flexibility index (Phi) is 0.607. The van der Waals surface area contributed by atoms with Crippen LogP contribution in [0, 0.1) is 6.58 Å². The van der Waals surface area contributed by atoms with E-state index in [1.54, 1.807) is 12.2 Å². The number of allylic oxidation sites excluding steroid dienone is 2. The van der Waals surface area contributed by atoms with Gasteiger partial charge in [0, 0.05) is 0 Å². The van der Waals surface area contributed by atoms with Crippen LogP contribution in [0.3, 0.4) is 0 Å². The molecule has 0 aliphatic carbocycles. The fourth-order valence-electron chi connectivity index (χ4n) is 0.291. The Labute approximate surface area is 36.3 Å². The molecule has 0 aromatic carbocycles. The molecule has 30 valence electrons.